The summed E-state index contributed by atoms with van der Waals surface area (Å²) in [5, 5.41) is 18.9. The van der Waals surface area contributed by atoms with Gasteiger partial charge in [-0.2, -0.15) is 0 Å². The average molecular weight is 244 g/mol. The minimum Gasteiger partial charge on any atom is -0.508 e. The molecule has 4 heteroatoms. The molecule has 0 unspecified atom stereocenters. The van der Waals surface area contributed by atoms with Crippen molar-refractivity contribution in [1.82, 2.24) is 0 Å². The van der Waals surface area contributed by atoms with Crippen LogP contribution < -0.4 is 4.74 Å². The summed E-state index contributed by atoms with van der Waals surface area (Å²) in [6, 6.07) is 10.6. The molecule has 0 aliphatic rings. The highest BCUT2D eigenvalue weighted by molar-refractivity contribution is 6.12. The fourth-order valence-electron chi connectivity index (χ4n) is 1.69. The number of aromatic hydroxyl groups is 2. The quantitative estimate of drug-likeness (QED) is 0.813. The average Bonchev–Trinajstić information content (AvgIpc) is 2.38. The van der Waals surface area contributed by atoms with Crippen molar-refractivity contribution in [2.45, 2.75) is 0 Å². The largest absolute Gasteiger partial charge is 0.508 e. The summed E-state index contributed by atoms with van der Waals surface area (Å²) < 4.78 is 5.10. The van der Waals surface area contributed by atoms with Crippen LogP contribution in [0.3, 0.4) is 0 Å². The van der Waals surface area contributed by atoms with Crippen molar-refractivity contribution in [3.05, 3.63) is 53.6 Å². The highest BCUT2D eigenvalue weighted by atomic mass is 16.5. The molecule has 92 valence electrons. The van der Waals surface area contributed by atoms with Gasteiger partial charge in [-0.25, -0.2) is 0 Å². The number of methoxy groups -OCH3 is 1. The van der Waals surface area contributed by atoms with E-state index in [9.17, 15) is 15.0 Å². The van der Waals surface area contributed by atoms with E-state index in [1.807, 2.05) is 0 Å². The number of ketones is 1. The Morgan fingerprint density at radius 3 is 2.44 bits per heavy atom. The Labute approximate surface area is 104 Å². The highest BCUT2D eigenvalue weighted by Crippen LogP contribution is 2.28. The number of benzene rings is 2. The Morgan fingerprint density at radius 1 is 1.06 bits per heavy atom. The van der Waals surface area contributed by atoms with Crippen LogP contribution in [0.4, 0.5) is 0 Å². The lowest BCUT2D eigenvalue weighted by Gasteiger charge is -2.08. The lowest BCUT2D eigenvalue weighted by atomic mass is 10.0. The van der Waals surface area contributed by atoms with Crippen LogP contribution in [0.2, 0.25) is 0 Å². The maximum atomic E-state index is 12.2. The Kier molecular flexibility index (Phi) is 3.19. The molecule has 2 aromatic carbocycles. The molecule has 4 nitrogen and oxygen atoms in total. The second kappa shape index (κ2) is 4.79. The van der Waals surface area contributed by atoms with Crippen LogP contribution in [0.5, 0.6) is 17.2 Å². The zero-order valence-corrected chi connectivity index (χ0v) is 9.75. The molecular weight excluding hydrogens is 232 g/mol. The van der Waals surface area contributed by atoms with Crippen molar-refractivity contribution in [1.29, 1.82) is 0 Å². The van der Waals surface area contributed by atoms with Crippen LogP contribution in [-0.4, -0.2) is 23.1 Å². The molecule has 0 amide bonds. The number of rotatable bonds is 3. The summed E-state index contributed by atoms with van der Waals surface area (Å²) in [5.41, 5.74) is 0.485. The lowest BCUT2D eigenvalue weighted by molar-refractivity contribution is 0.103. The Bertz CT molecular complexity index is 590. The van der Waals surface area contributed by atoms with E-state index in [0.717, 1.165) is 6.07 Å². The number of phenolic OH excluding ortho intramolecular Hbond substituents is 2. The normalized spacial score (nSPS) is 10.1. The number of hydrogen-bond acceptors (Lipinski definition) is 4. The van der Waals surface area contributed by atoms with E-state index in [1.165, 1.54) is 19.2 Å². The predicted octanol–water partition coefficient (Wildman–Crippen LogP) is 2.34. The van der Waals surface area contributed by atoms with Crippen LogP contribution in [0, 0.1) is 0 Å². The van der Waals surface area contributed by atoms with Crippen LogP contribution in [0.15, 0.2) is 42.5 Å². The van der Waals surface area contributed by atoms with E-state index in [1.54, 1.807) is 24.3 Å². The van der Waals surface area contributed by atoms with Gasteiger partial charge in [0.25, 0.3) is 0 Å². The number of carbonyl (C=O) groups is 1. The fraction of sp³-hybridized carbons (Fsp3) is 0.0714. The van der Waals surface area contributed by atoms with Crippen molar-refractivity contribution >= 4 is 5.78 Å². The van der Waals surface area contributed by atoms with Gasteiger partial charge in [0.05, 0.1) is 18.2 Å². The van der Waals surface area contributed by atoms with E-state index in [2.05, 4.69) is 0 Å². The zero-order valence-electron chi connectivity index (χ0n) is 9.75. The first-order valence-electron chi connectivity index (χ1n) is 5.33. The maximum absolute atomic E-state index is 12.2. The minimum atomic E-state index is -0.357. The van der Waals surface area contributed by atoms with Crippen molar-refractivity contribution in [3.8, 4) is 17.2 Å². The van der Waals surface area contributed by atoms with Crippen LogP contribution in [-0.2, 0) is 0 Å². The number of para-hydroxylation sites is 1. The van der Waals surface area contributed by atoms with Crippen molar-refractivity contribution < 1.29 is 19.7 Å². The topological polar surface area (TPSA) is 66.8 Å². The molecule has 2 aromatic rings. The third kappa shape index (κ3) is 2.13. The molecule has 0 saturated heterocycles. The first-order valence-corrected chi connectivity index (χ1v) is 5.33. The molecule has 0 radical (unpaired) electrons. The monoisotopic (exact) mass is 244 g/mol. The van der Waals surface area contributed by atoms with Gasteiger partial charge in [0.15, 0.2) is 5.78 Å². The predicted molar refractivity (Wildman–Crippen MR) is 66.2 cm³/mol. The van der Waals surface area contributed by atoms with Crippen molar-refractivity contribution in [2.75, 3.05) is 7.11 Å². The highest BCUT2D eigenvalue weighted by Gasteiger charge is 2.17. The molecule has 0 bridgehead atoms. The number of ether oxygens (including phenoxy) is 1. The van der Waals surface area contributed by atoms with Gasteiger partial charge in [-0.15, -0.1) is 0 Å². The van der Waals surface area contributed by atoms with Gasteiger partial charge < -0.3 is 14.9 Å². The molecule has 18 heavy (non-hydrogen) atoms. The molecule has 0 spiro atoms. The van der Waals surface area contributed by atoms with E-state index in [-0.39, 0.29) is 22.8 Å². The van der Waals surface area contributed by atoms with Gasteiger partial charge in [-0.05, 0) is 24.3 Å². The smallest absolute Gasteiger partial charge is 0.200 e. The summed E-state index contributed by atoms with van der Waals surface area (Å²) in [7, 11) is 1.47. The molecular formula is C14H12O4. The van der Waals surface area contributed by atoms with Gasteiger partial charge in [-0.1, -0.05) is 12.1 Å². The molecule has 0 aliphatic carbocycles. The third-order valence-corrected chi connectivity index (χ3v) is 2.58. The number of carbonyl (C=O) groups excluding carboxylic acids is 1. The van der Waals surface area contributed by atoms with Crippen LogP contribution in [0.25, 0.3) is 0 Å². The lowest BCUT2D eigenvalue weighted by Crippen LogP contribution is -2.04. The maximum Gasteiger partial charge on any atom is 0.200 e. The van der Waals surface area contributed by atoms with Gasteiger partial charge in [0.2, 0.25) is 0 Å². The molecule has 2 rings (SSSR count). The van der Waals surface area contributed by atoms with E-state index in [0.29, 0.717) is 11.3 Å². The summed E-state index contributed by atoms with van der Waals surface area (Å²) in [4.78, 5) is 12.2. The van der Waals surface area contributed by atoms with Gasteiger partial charge >= 0.3 is 0 Å². The molecule has 0 aromatic heterocycles. The molecule has 2 N–H and O–H groups in total. The zero-order chi connectivity index (χ0) is 13.1. The van der Waals surface area contributed by atoms with Crippen LogP contribution >= 0.6 is 0 Å². The molecule has 0 fully saturated rings. The van der Waals surface area contributed by atoms with Gasteiger partial charge in [-0.3, -0.25) is 4.79 Å². The van der Waals surface area contributed by atoms with E-state index in [4.69, 9.17) is 4.74 Å². The van der Waals surface area contributed by atoms with Gasteiger partial charge in [0.1, 0.15) is 17.2 Å². The number of phenols is 2. The molecule has 0 aliphatic heterocycles. The number of hydrogen-bond donors (Lipinski definition) is 2. The minimum absolute atomic E-state index is 0.0934. The molecule has 0 heterocycles. The first-order chi connectivity index (χ1) is 8.63. The first kappa shape index (κ1) is 12.0. The van der Waals surface area contributed by atoms with Crippen molar-refractivity contribution in [3.63, 3.8) is 0 Å². The third-order valence-electron chi connectivity index (χ3n) is 2.58. The summed E-state index contributed by atoms with van der Waals surface area (Å²) in [5.74, 6) is -0.269. The summed E-state index contributed by atoms with van der Waals surface area (Å²) in [6.45, 7) is 0. The SMILES string of the molecule is COc1ccccc1C(=O)c1ccc(O)cc1O. The molecule has 0 atom stereocenters. The standard InChI is InChI=1S/C14H12O4/c1-18-13-5-3-2-4-11(13)14(17)10-7-6-9(15)8-12(10)16/h2-8,15-16H,1H3. The Balaban J connectivity index is 2.48. The van der Waals surface area contributed by atoms with Crippen LogP contribution in [0.1, 0.15) is 15.9 Å². The fourth-order valence-corrected chi connectivity index (χ4v) is 1.69. The second-order valence-electron chi connectivity index (χ2n) is 3.73. The second-order valence-corrected chi connectivity index (χ2v) is 3.73. The molecule has 0 saturated carbocycles. The summed E-state index contributed by atoms with van der Waals surface area (Å²) >= 11 is 0. The summed E-state index contributed by atoms with van der Waals surface area (Å²) in [6.07, 6.45) is 0. The Hall–Kier alpha value is -2.49. The van der Waals surface area contributed by atoms with Crippen molar-refractivity contribution in [2.24, 2.45) is 0 Å². The van der Waals surface area contributed by atoms with E-state index >= 15 is 0 Å². The van der Waals surface area contributed by atoms with Gasteiger partial charge in [0, 0.05) is 6.07 Å². The van der Waals surface area contributed by atoms with E-state index < -0.39 is 0 Å². The Morgan fingerprint density at radius 2 is 1.78 bits per heavy atom.